The third kappa shape index (κ3) is 3.75. The van der Waals surface area contributed by atoms with Crippen LogP contribution in [0, 0.1) is 17.1 Å². The lowest BCUT2D eigenvalue weighted by molar-refractivity contribution is 0.333. The van der Waals surface area contributed by atoms with Gasteiger partial charge < -0.3 is 9.42 Å². The third-order valence-electron chi connectivity index (χ3n) is 5.53. The third-order valence-corrected chi connectivity index (χ3v) is 5.53. The second-order valence-corrected chi connectivity index (χ2v) is 7.39. The number of anilines is 1. The summed E-state index contributed by atoms with van der Waals surface area (Å²) in [6.45, 7) is 5.46. The van der Waals surface area contributed by atoms with E-state index >= 15 is 0 Å². The fourth-order valence-corrected chi connectivity index (χ4v) is 4.02. The molecule has 0 aliphatic carbocycles. The number of nitriles is 1. The van der Waals surface area contributed by atoms with Crippen LogP contribution >= 0.6 is 0 Å². The van der Waals surface area contributed by atoms with E-state index < -0.39 is 0 Å². The molecule has 154 valence electrons. The van der Waals surface area contributed by atoms with Gasteiger partial charge in [0.1, 0.15) is 17.4 Å². The number of nitrogens with zero attached hydrogens (tertiary/aromatic N) is 6. The van der Waals surface area contributed by atoms with E-state index in [2.05, 4.69) is 31.3 Å². The predicted octanol–water partition coefficient (Wildman–Crippen LogP) is 4.05. The highest BCUT2D eigenvalue weighted by molar-refractivity contribution is 5.58. The monoisotopic (exact) mass is 406 g/mol. The summed E-state index contributed by atoms with van der Waals surface area (Å²) in [5.74, 6) is 1.19. The number of hydrogen-bond donors (Lipinski definition) is 0. The maximum Gasteiger partial charge on any atom is 0.231 e. The van der Waals surface area contributed by atoms with E-state index in [9.17, 15) is 9.65 Å². The molecule has 8 heteroatoms. The Kier molecular flexibility index (Phi) is 5.70. The first-order chi connectivity index (χ1) is 14.6. The smallest absolute Gasteiger partial charge is 0.231 e. The number of hydrogen-bond acceptors (Lipinski definition) is 7. The molecule has 30 heavy (non-hydrogen) atoms. The lowest BCUT2D eigenvalue weighted by Gasteiger charge is -2.32. The van der Waals surface area contributed by atoms with Crippen LogP contribution in [0.4, 0.5) is 10.2 Å². The average molecular weight is 406 g/mol. The molecule has 1 aromatic carbocycles. The topological polar surface area (TPSA) is 91.7 Å². The molecule has 0 spiro atoms. The molecule has 0 bridgehead atoms. The van der Waals surface area contributed by atoms with E-state index in [1.807, 2.05) is 13.8 Å². The predicted molar refractivity (Wildman–Crippen MR) is 109 cm³/mol. The minimum atomic E-state index is -0.340. The average Bonchev–Trinajstić information content (AvgIpc) is 3.28. The molecule has 3 heterocycles. The first-order valence-corrected chi connectivity index (χ1v) is 10.3. The van der Waals surface area contributed by atoms with Crippen molar-refractivity contribution in [3.63, 3.8) is 0 Å². The van der Waals surface area contributed by atoms with Gasteiger partial charge in [0.05, 0.1) is 11.6 Å². The summed E-state index contributed by atoms with van der Waals surface area (Å²) in [6, 6.07) is 8.48. The molecule has 1 aliphatic rings. The van der Waals surface area contributed by atoms with Crippen molar-refractivity contribution in [2.24, 2.45) is 0 Å². The van der Waals surface area contributed by atoms with Gasteiger partial charge >= 0.3 is 0 Å². The summed E-state index contributed by atoms with van der Waals surface area (Å²) in [7, 11) is 0. The van der Waals surface area contributed by atoms with Crippen LogP contribution in [0.2, 0.25) is 0 Å². The first-order valence-electron chi connectivity index (χ1n) is 10.3. The van der Waals surface area contributed by atoms with Crippen molar-refractivity contribution in [2.75, 3.05) is 18.0 Å². The van der Waals surface area contributed by atoms with Crippen molar-refractivity contribution in [3.05, 3.63) is 52.8 Å². The molecule has 0 N–H and O–H groups in total. The van der Waals surface area contributed by atoms with Crippen molar-refractivity contribution in [1.82, 2.24) is 20.3 Å². The normalized spacial score (nSPS) is 16.5. The van der Waals surface area contributed by atoms with Gasteiger partial charge in [0, 0.05) is 18.7 Å². The van der Waals surface area contributed by atoms with Gasteiger partial charge in [-0.05, 0) is 43.4 Å². The molecule has 1 atom stereocenters. The fraction of sp³-hybridized carbons (Fsp3) is 0.409. The van der Waals surface area contributed by atoms with E-state index in [0.717, 1.165) is 43.5 Å². The van der Waals surface area contributed by atoms with Crippen LogP contribution in [0.1, 0.15) is 55.3 Å². The van der Waals surface area contributed by atoms with Crippen molar-refractivity contribution < 1.29 is 8.91 Å². The molecule has 0 radical (unpaired) electrons. The van der Waals surface area contributed by atoms with Crippen LogP contribution in [0.5, 0.6) is 0 Å². The van der Waals surface area contributed by atoms with E-state index in [4.69, 9.17) is 4.52 Å². The van der Waals surface area contributed by atoms with E-state index in [1.165, 1.54) is 12.1 Å². The summed E-state index contributed by atoms with van der Waals surface area (Å²) < 4.78 is 19.0. The molecule has 4 rings (SSSR count). The van der Waals surface area contributed by atoms with Crippen molar-refractivity contribution in [2.45, 2.75) is 45.4 Å². The van der Waals surface area contributed by atoms with E-state index in [1.54, 1.807) is 12.1 Å². The summed E-state index contributed by atoms with van der Waals surface area (Å²) in [5, 5.41) is 22.6. The largest absolute Gasteiger partial charge is 0.353 e. The molecule has 0 amide bonds. The Bertz CT molecular complexity index is 1090. The Morgan fingerprint density at radius 2 is 2.13 bits per heavy atom. The summed E-state index contributed by atoms with van der Waals surface area (Å²) >= 11 is 0. The first kappa shape index (κ1) is 20.0. The molecule has 1 saturated heterocycles. The van der Waals surface area contributed by atoms with Crippen LogP contribution in [0.15, 0.2) is 28.8 Å². The van der Waals surface area contributed by atoms with Crippen molar-refractivity contribution >= 4 is 5.82 Å². The molecular formula is C22H23FN6O. The minimum Gasteiger partial charge on any atom is -0.353 e. The highest BCUT2D eigenvalue weighted by atomic mass is 19.1. The molecular weight excluding hydrogens is 383 g/mol. The quantitative estimate of drug-likeness (QED) is 0.631. The van der Waals surface area contributed by atoms with Crippen LogP contribution in [0.25, 0.3) is 11.4 Å². The Hall–Kier alpha value is -3.34. The van der Waals surface area contributed by atoms with Gasteiger partial charge in [-0.3, -0.25) is 0 Å². The second kappa shape index (κ2) is 8.57. The number of aryl methyl sites for hydroxylation is 1. The molecule has 1 unspecified atom stereocenters. The maximum atomic E-state index is 13.5. The van der Waals surface area contributed by atoms with Crippen LogP contribution < -0.4 is 4.90 Å². The van der Waals surface area contributed by atoms with Gasteiger partial charge in [0.15, 0.2) is 5.82 Å². The van der Waals surface area contributed by atoms with E-state index in [-0.39, 0.29) is 11.7 Å². The molecule has 3 aromatic rings. The standard InChI is InChI=1S/C22H23FN6O/c1-3-17-18(12-24)21(27-26-19(17)4-2)29-10-6-8-15(13-29)22-25-20(28-30-22)14-7-5-9-16(23)11-14/h5,7,9,11,15H,3-4,6,8,10,13H2,1-2H3. The van der Waals surface area contributed by atoms with Crippen LogP contribution in [-0.4, -0.2) is 33.4 Å². The Morgan fingerprint density at radius 1 is 1.27 bits per heavy atom. The zero-order chi connectivity index (χ0) is 21.1. The van der Waals surface area contributed by atoms with Crippen LogP contribution in [-0.2, 0) is 12.8 Å². The SMILES string of the molecule is CCc1nnc(N2CCCC(c3nc(-c4cccc(F)c4)no3)C2)c(C#N)c1CC. The van der Waals surface area contributed by atoms with Gasteiger partial charge in [-0.25, -0.2) is 4.39 Å². The maximum absolute atomic E-state index is 13.5. The number of aromatic nitrogens is 4. The summed E-state index contributed by atoms with van der Waals surface area (Å²) in [6.07, 6.45) is 3.29. The van der Waals surface area contributed by atoms with Crippen LogP contribution in [0.3, 0.4) is 0 Å². The van der Waals surface area contributed by atoms with Crippen molar-refractivity contribution in [1.29, 1.82) is 5.26 Å². The highest BCUT2D eigenvalue weighted by Crippen LogP contribution is 2.32. The summed E-state index contributed by atoms with van der Waals surface area (Å²) in [5.41, 5.74) is 3.04. The highest BCUT2D eigenvalue weighted by Gasteiger charge is 2.29. The van der Waals surface area contributed by atoms with Crippen molar-refractivity contribution in [3.8, 4) is 17.5 Å². The summed E-state index contributed by atoms with van der Waals surface area (Å²) in [4.78, 5) is 6.59. The number of rotatable bonds is 5. The molecule has 0 saturated carbocycles. The van der Waals surface area contributed by atoms with Gasteiger partial charge in [-0.15, -0.1) is 5.10 Å². The Balaban J connectivity index is 1.60. The second-order valence-electron chi connectivity index (χ2n) is 7.39. The van der Waals surface area contributed by atoms with Gasteiger partial charge in [0.25, 0.3) is 0 Å². The van der Waals surface area contributed by atoms with Gasteiger partial charge in [0.2, 0.25) is 11.7 Å². The number of piperidine rings is 1. The minimum absolute atomic E-state index is 0.0119. The number of halogens is 1. The lowest BCUT2D eigenvalue weighted by Crippen LogP contribution is -2.36. The number of benzene rings is 1. The van der Waals surface area contributed by atoms with Gasteiger partial charge in [-0.1, -0.05) is 31.1 Å². The fourth-order valence-electron chi connectivity index (χ4n) is 4.02. The zero-order valence-corrected chi connectivity index (χ0v) is 17.1. The lowest BCUT2D eigenvalue weighted by atomic mass is 9.96. The molecule has 7 nitrogen and oxygen atoms in total. The van der Waals surface area contributed by atoms with E-state index in [0.29, 0.717) is 35.2 Å². The Morgan fingerprint density at radius 3 is 2.87 bits per heavy atom. The molecule has 2 aromatic heterocycles. The molecule has 1 fully saturated rings. The Labute approximate surface area is 174 Å². The zero-order valence-electron chi connectivity index (χ0n) is 17.1. The molecule has 1 aliphatic heterocycles. The van der Waals surface area contributed by atoms with Gasteiger partial charge in [-0.2, -0.15) is 15.3 Å².